The molecule has 0 unspecified atom stereocenters. The minimum absolute atomic E-state index is 0.00645. The first kappa shape index (κ1) is 16.5. The van der Waals surface area contributed by atoms with Gasteiger partial charge in [-0.2, -0.15) is 0 Å². The number of carbonyl (C=O) groups is 1. The Bertz CT molecular complexity index is 722. The zero-order valence-electron chi connectivity index (χ0n) is 13.9. The van der Waals surface area contributed by atoms with Gasteiger partial charge in [-0.25, -0.2) is 8.42 Å². The predicted octanol–water partition coefficient (Wildman–Crippen LogP) is 2.27. The summed E-state index contributed by atoms with van der Waals surface area (Å²) in [5.41, 5.74) is 2.14. The highest BCUT2D eigenvalue weighted by Gasteiger charge is 2.47. The van der Waals surface area contributed by atoms with E-state index >= 15 is 0 Å². The van der Waals surface area contributed by atoms with Crippen LogP contribution in [0.2, 0.25) is 0 Å². The van der Waals surface area contributed by atoms with Crippen molar-refractivity contribution >= 4 is 15.7 Å². The van der Waals surface area contributed by atoms with E-state index in [4.69, 9.17) is 0 Å². The zero-order chi connectivity index (χ0) is 16.7. The van der Waals surface area contributed by atoms with Crippen molar-refractivity contribution in [3.8, 4) is 0 Å². The number of amides is 1. The number of sulfone groups is 1. The first-order valence-corrected chi connectivity index (χ1v) is 10.3. The zero-order valence-corrected chi connectivity index (χ0v) is 14.7. The van der Waals surface area contributed by atoms with Crippen molar-refractivity contribution in [3.05, 3.63) is 35.4 Å². The van der Waals surface area contributed by atoms with Gasteiger partial charge < -0.3 is 5.32 Å². The van der Waals surface area contributed by atoms with Crippen LogP contribution < -0.4 is 5.32 Å². The Kier molecular flexibility index (Phi) is 4.03. The molecule has 4 nitrogen and oxygen atoms in total. The third-order valence-corrected chi connectivity index (χ3v) is 6.28. The minimum Gasteiger partial charge on any atom is -0.351 e. The number of benzene rings is 1. The number of hydrogen-bond acceptors (Lipinski definition) is 3. The predicted molar refractivity (Wildman–Crippen MR) is 91.0 cm³/mol. The van der Waals surface area contributed by atoms with E-state index in [0.717, 1.165) is 32.1 Å². The Morgan fingerprint density at radius 1 is 1.17 bits per heavy atom. The van der Waals surface area contributed by atoms with E-state index in [1.165, 1.54) is 17.4 Å². The van der Waals surface area contributed by atoms with Crippen molar-refractivity contribution < 1.29 is 13.2 Å². The lowest BCUT2D eigenvalue weighted by atomic mass is 9.79. The molecule has 1 saturated carbocycles. The summed E-state index contributed by atoms with van der Waals surface area (Å²) in [6.45, 7) is 2.09. The summed E-state index contributed by atoms with van der Waals surface area (Å²) in [6, 6.07) is 8.38. The van der Waals surface area contributed by atoms with Crippen LogP contribution in [0.15, 0.2) is 24.3 Å². The normalized spacial score (nSPS) is 25.5. The van der Waals surface area contributed by atoms with E-state index in [0.29, 0.717) is 6.42 Å². The standard InChI is InChI=1S/C18H25NO3S/c1-17(8-7-14-5-3-4-6-15(14)11-17)19-16(20)12-18(9-10-18)13-23(2,21)22/h3-6H,7-13H2,1-2H3,(H,19,20)/t17-/m0/s1. The van der Waals surface area contributed by atoms with Gasteiger partial charge in [0, 0.05) is 18.2 Å². The molecule has 1 fully saturated rings. The van der Waals surface area contributed by atoms with Crippen molar-refractivity contribution in [1.29, 1.82) is 0 Å². The highest BCUT2D eigenvalue weighted by atomic mass is 32.2. The number of aryl methyl sites for hydroxylation is 1. The van der Waals surface area contributed by atoms with Crippen LogP contribution in [-0.4, -0.2) is 31.9 Å². The highest BCUT2D eigenvalue weighted by molar-refractivity contribution is 7.90. The quantitative estimate of drug-likeness (QED) is 0.898. The molecular weight excluding hydrogens is 310 g/mol. The van der Waals surface area contributed by atoms with Gasteiger partial charge in [0.2, 0.25) is 5.91 Å². The van der Waals surface area contributed by atoms with Gasteiger partial charge in [0.05, 0.1) is 5.75 Å². The summed E-state index contributed by atoms with van der Waals surface area (Å²) in [5.74, 6) is 0.125. The van der Waals surface area contributed by atoms with Crippen LogP contribution in [-0.2, 0) is 27.5 Å². The largest absolute Gasteiger partial charge is 0.351 e. The fourth-order valence-corrected chi connectivity index (χ4v) is 5.33. The average Bonchev–Trinajstić information content (AvgIpc) is 3.14. The van der Waals surface area contributed by atoms with Crippen LogP contribution in [0, 0.1) is 5.41 Å². The van der Waals surface area contributed by atoms with Gasteiger partial charge in [-0.05, 0) is 55.6 Å². The molecule has 0 aromatic heterocycles. The van der Waals surface area contributed by atoms with Crippen molar-refractivity contribution in [2.24, 2.45) is 5.41 Å². The van der Waals surface area contributed by atoms with Crippen molar-refractivity contribution in [2.45, 2.75) is 51.0 Å². The maximum absolute atomic E-state index is 12.5. The van der Waals surface area contributed by atoms with Crippen LogP contribution >= 0.6 is 0 Å². The Balaban J connectivity index is 1.62. The Morgan fingerprint density at radius 3 is 2.43 bits per heavy atom. The van der Waals surface area contributed by atoms with Crippen LogP contribution in [0.25, 0.3) is 0 Å². The molecule has 23 heavy (non-hydrogen) atoms. The molecule has 126 valence electrons. The number of rotatable bonds is 5. The first-order valence-electron chi connectivity index (χ1n) is 8.24. The molecule has 5 heteroatoms. The van der Waals surface area contributed by atoms with Crippen LogP contribution in [0.1, 0.15) is 43.7 Å². The molecule has 0 heterocycles. The van der Waals surface area contributed by atoms with Gasteiger partial charge in [-0.15, -0.1) is 0 Å². The van der Waals surface area contributed by atoms with E-state index in [9.17, 15) is 13.2 Å². The Labute approximate surface area is 138 Å². The molecule has 0 bridgehead atoms. The van der Waals surface area contributed by atoms with Crippen molar-refractivity contribution in [1.82, 2.24) is 5.32 Å². The number of fused-ring (bicyclic) bond motifs is 1. The molecular formula is C18H25NO3S. The third-order valence-electron chi connectivity index (χ3n) is 5.15. The number of carbonyl (C=O) groups excluding carboxylic acids is 1. The fourth-order valence-electron chi connectivity index (χ4n) is 3.83. The van der Waals surface area contributed by atoms with Gasteiger partial charge in [-0.1, -0.05) is 24.3 Å². The van der Waals surface area contributed by atoms with Crippen molar-refractivity contribution in [3.63, 3.8) is 0 Å². The fraction of sp³-hybridized carbons (Fsp3) is 0.611. The van der Waals surface area contributed by atoms with Gasteiger partial charge in [-0.3, -0.25) is 4.79 Å². The summed E-state index contributed by atoms with van der Waals surface area (Å²) in [5, 5.41) is 3.18. The molecule has 0 saturated heterocycles. The maximum Gasteiger partial charge on any atom is 0.221 e. The summed E-state index contributed by atoms with van der Waals surface area (Å²) >= 11 is 0. The lowest BCUT2D eigenvalue weighted by Gasteiger charge is -2.36. The Morgan fingerprint density at radius 2 is 1.83 bits per heavy atom. The van der Waals surface area contributed by atoms with Gasteiger partial charge in [0.1, 0.15) is 9.84 Å². The van der Waals surface area contributed by atoms with E-state index in [1.54, 1.807) is 0 Å². The SMILES string of the molecule is C[C@]1(NC(=O)CC2(CS(C)(=O)=O)CC2)CCc2ccccc2C1. The molecule has 1 aromatic carbocycles. The second-order valence-corrected chi connectivity index (χ2v) is 9.94. The lowest BCUT2D eigenvalue weighted by Crippen LogP contribution is -2.50. The van der Waals surface area contributed by atoms with Crippen LogP contribution in [0.3, 0.4) is 0 Å². The van der Waals surface area contributed by atoms with Gasteiger partial charge in [0.15, 0.2) is 0 Å². The van der Waals surface area contributed by atoms with Gasteiger partial charge in [0.25, 0.3) is 0 Å². The minimum atomic E-state index is -3.03. The molecule has 2 aliphatic carbocycles. The molecule has 1 N–H and O–H groups in total. The smallest absolute Gasteiger partial charge is 0.221 e. The summed E-state index contributed by atoms with van der Waals surface area (Å²) in [7, 11) is -3.03. The van der Waals surface area contributed by atoms with Gasteiger partial charge >= 0.3 is 0 Å². The van der Waals surface area contributed by atoms with E-state index in [1.807, 2.05) is 6.07 Å². The second kappa shape index (κ2) is 5.62. The highest BCUT2D eigenvalue weighted by Crippen LogP contribution is 2.49. The molecule has 0 aliphatic heterocycles. The summed E-state index contributed by atoms with van der Waals surface area (Å²) < 4.78 is 23.1. The maximum atomic E-state index is 12.5. The summed E-state index contributed by atoms with van der Waals surface area (Å²) in [6.07, 6.45) is 6.01. The lowest BCUT2D eigenvalue weighted by molar-refractivity contribution is -0.124. The molecule has 1 atom stereocenters. The monoisotopic (exact) mass is 335 g/mol. The molecule has 0 spiro atoms. The average molecular weight is 335 g/mol. The first-order chi connectivity index (χ1) is 10.7. The molecule has 3 rings (SSSR count). The van der Waals surface area contributed by atoms with Crippen LogP contribution in [0.5, 0.6) is 0 Å². The number of nitrogens with one attached hydrogen (secondary N) is 1. The third kappa shape index (κ3) is 4.14. The van der Waals surface area contributed by atoms with Crippen LogP contribution in [0.4, 0.5) is 0 Å². The molecule has 1 aromatic rings. The second-order valence-electron chi connectivity index (χ2n) is 7.80. The van der Waals surface area contributed by atoms with E-state index in [2.05, 4.69) is 30.4 Å². The molecule has 2 aliphatic rings. The molecule has 1 amide bonds. The number of hydrogen-bond donors (Lipinski definition) is 1. The topological polar surface area (TPSA) is 63.2 Å². The van der Waals surface area contributed by atoms with E-state index < -0.39 is 9.84 Å². The molecule has 0 radical (unpaired) electrons. The van der Waals surface area contributed by atoms with E-state index in [-0.39, 0.29) is 22.6 Å². The van der Waals surface area contributed by atoms with Crippen molar-refractivity contribution in [2.75, 3.05) is 12.0 Å². The summed E-state index contributed by atoms with van der Waals surface area (Å²) in [4.78, 5) is 12.5. The Hall–Kier alpha value is -1.36.